The summed E-state index contributed by atoms with van der Waals surface area (Å²) in [4.78, 5) is 94.1. The number of aromatic nitrogens is 1. The quantitative estimate of drug-likeness (QED) is 0.0202. The highest BCUT2D eigenvalue weighted by Gasteiger charge is 2.37. The first-order valence-electron chi connectivity index (χ1n) is 22.7. The van der Waals surface area contributed by atoms with Crippen LogP contribution in [0, 0.1) is 17.8 Å². The Morgan fingerprint density at radius 3 is 2.41 bits per heavy atom. The van der Waals surface area contributed by atoms with Gasteiger partial charge in [0, 0.05) is 61.7 Å². The van der Waals surface area contributed by atoms with E-state index in [4.69, 9.17) is 29.3 Å². The number of phenols is 1. The van der Waals surface area contributed by atoms with E-state index in [1.165, 1.54) is 24.3 Å². The van der Waals surface area contributed by atoms with Crippen LogP contribution in [0.1, 0.15) is 126 Å². The van der Waals surface area contributed by atoms with Gasteiger partial charge in [0.2, 0.25) is 11.8 Å². The number of Topliss-reactive ketones (excluding diaryl/α,β-unsaturated/α-hetero) is 1. The lowest BCUT2D eigenvalue weighted by Gasteiger charge is -2.37. The van der Waals surface area contributed by atoms with Crippen LogP contribution in [0.25, 0.3) is 10.4 Å². The summed E-state index contributed by atoms with van der Waals surface area (Å²) in [5.41, 5.74) is 9.48. The van der Waals surface area contributed by atoms with Crippen molar-refractivity contribution in [2.24, 2.45) is 22.9 Å². The van der Waals surface area contributed by atoms with Gasteiger partial charge in [0.05, 0.1) is 44.6 Å². The lowest BCUT2D eigenvalue weighted by molar-refractivity contribution is -0.191. The predicted octanol–water partition coefficient (Wildman–Crippen LogP) is 6.66. The molecule has 2 heterocycles. The van der Waals surface area contributed by atoms with E-state index in [0.29, 0.717) is 24.5 Å². The van der Waals surface area contributed by atoms with E-state index in [0.717, 1.165) is 44.2 Å². The molecule has 3 rings (SSSR count). The highest BCUT2D eigenvalue weighted by atomic mass is 32.1. The maximum atomic E-state index is 14.3. The summed E-state index contributed by atoms with van der Waals surface area (Å²) in [6.07, 6.45) is 5.35. The van der Waals surface area contributed by atoms with Gasteiger partial charge >= 0.3 is 12.1 Å². The number of esters is 1. The maximum Gasteiger partial charge on any atom is 0.373 e. The Kier molecular flexibility index (Phi) is 26.6. The molecule has 0 unspecified atom stereocenters. The van der Waals surface area contributed by atoms with Crippen LogP contribution in [0.5, 0.6) is 5.75 Å². The molecule has 0 aliphatic carbocycles. The number of carbonyl (C=O) groups excluding carboxylic acids is 7. The minimum Gasteiger partial charge on any atom is -0.506 e. The topological polar surface area (TPSA) is 260 Å². The number of amides is 3. The van der Waals surface area contributed by atoms with Crippen LogP contribution in [0.15, 0.2) is 28.7 Å². The summed E-state index contributed by atoms with van der Waals surface area (Å²) in [7, 11) is 3.74. The molecule has 66 heavy (non-hydrogen) atoms. The molecule has 1 saturated heterocycles. The molecule has 1 fully saturated rings. The fraction of sp³-hybridized carbons (Fsp3) is 0.674. The van der Waals surface area contributed by atoms with Gasteiger partial charge in [-0.15, -0.1) is 11.3 Å². The molecule has 6 atom stereocenters. The Labute approximate surface area is 392 Å². The summed E-state index contributed by atoms with van der Waals surface area (Å²) < 4.78 is 16.5. The lowest BCUT2D eigenvalue weighted by Crippen LogP contribution is -2.48. The number of likely N-dealkylation sites (tertiary alicyclic amines) is 1. The molecule has 3 N–H and O–H groups in total. The average Bonchev–Trinajstić information content (AvgIpc) is 3.78. The van der Waals surface area contributed by atoms with Crippen LogP contribution < -0.4 is 10.6 Å². The Morgan fingerprint density at radius 2 is 1.79 bits per heavy atom. The molecule has 0 spiro atoms. The largest absolute Gasteiger partial charge is 0.506 e. The first-order valence-corrected chi connectivity index (χ1v) is 23.6. The molecule has 20 heteroatoms. The van der Waals surface area contributed by atoms with Gasteiger partial charge in [0.25, 0.3) is 5.91 Å². The minimum absolute atomic E-state index is 0.0131. The van der Waals surface area contributed by atoms with Gasteiger partial charge in [-0.25, -0.2) is 4.98 Å². The summed E-state index contributed by atoms with van der Waals surface area (Å²) >= 11 is 1.21. The SMILES string of the molecule is CCC[C@H](Cc1ccc(O)c(NC(=O)CCOCCOCCN=[N+]=[N-])c1)NC(=O)c1csc([C@@H](C[C@H](C(C)C)N(C)C(=O)[C@@H](CC(=O)[C@H]2CCCCN2C)[C@@H](C)CC)OC(C)=O)n1.O=C=O. The average molecular weight is 943 g/mol. The third kappa shape index (κ3) is 19.7. The Balaban J connectivity index is 0.00000485. The second-order valence-corrected chi connectivity index (χ2v) is 17.8. The highest BCUT2D eigenvalue weighted by Crippen LogP contribution is 2.33. The van der Waals surface area contributed by atoms with Gasteiger partial charge in [-0.2, -0.15) is 9.59 Å². The number of benzene rings is 1. The van der Waals surface area contributed by atoms with Crippen molar-refractivity contribution in [3.8, 4) is 5.75 Å². The van der Waals surface area contributed by atoms with E-state index in [9.17, 15) is 29.1 Å². The maximum absolute atomic E-state index is 14.3. The van der Waals surface area contributed by atoms with Crippen LogP contribution in [0.2, 0.25) is 0 Å². The fourth-order valence-corrected chi connectivity index (χ4v) is 8.73. The molecule has 1 aromatic carbocycles. The number of hydrogen-bond acceptors (Lipinski definition) is 15. The van der Waals surface area contributed by atoms with E-state index in [2.05, 4.69) is 30.5 Å². The van der Waals surface area contributed by atoms with Crippen molar-refractivity contribution in [3.05, 3.63) is 50.3 Å². The Bertz CT molecular complexity index is 1930. The molecule has 0 radical (unpaired) electrons. The first-order chi connectivity index (χ1) is 31.5. The van der Waals surface area contributed by atoms with E-state index in [1.807, 2.05) is 41.7 Å². The van der Waals surface area contributed by atoms with Crippen LogP contribution >= 0.6 is 11.3 Å². The second-order valence-electron chi connectivity index (χ2n) is 16.9. The van der Waals surface area contributed by atoms with Crippen LogP contribution in [0.4, 0.5) is 5.69 Å². The molecule has 1 aliphatic heterocycles. The molecule has 0 saturated carbocycles. The van der Waals surface area contributed by atoms with Gasteiger partial charge in [-0.05, 0) is 74.3 Å². The molecule has 366 valence electrons. The molecule has 3 amide bonds. The number of piperidine rings is 1. The Morgan fingerprint density at radius 1 is 1.09 bits per heavy atom. The summed E-state index contributed by atoms with van der Waals surface area (Å²) in [6.45, 7) is 13.5. The van der Waals surface area contributed by atoms with Gasteiger partial charge in [0.15, 0.2) is 11.9 Å². The molecule has 1 aromatic heterocycles. The van der Waals surface area contributed by atoms with E-state index >= 15 is 0 Å². The molecule has 19 nitrogen and oxygen atoms in total. The molecular formula is C46H70N8O11S. The number of likely N-dealkylation sites (N-methyl/N-ethyl adjacent to an activating group) is 1. The Hall–Kier alpha value is -5.23. The number of phenolic OH excluding ortho intramolecular Hbond substituents is 1. The zero-order valence-corrected chi connectivity index (χ0v) is 40.6. The van der Waals surface area contributed by atoms with Crippen molar-refractivity contribution in [1.29, 1.82) is 0 Å². The number of ether oxygens (including phenoxy) is 3. The van der Waals surface area contributed by atoms with Crippen molar-refractivity contribution in [2.75, 3.05) is 58.9 Å². The first kappa shape index (κ1) is 56.9. The molecule has 1 aliphatic rings. The predicted molar refractivity (Wildman–Crippen MR) is 247 cm³/mol. The number of nitrogens with one attached hydrogen (secondary N) is 2. The zero-order chi connectivity index (χ0) is 49.2. The highest BCUT2D eigenvalue weighted by molar-refractivity contribution is 7.09. The van der Waals surface area contributed by atoms with Crippen LogP contribution in [0.3, 0.4) is 0 Å². The molecular weight excluding hydrogens is 873 g/mol. The van der Waals surface area contributed by atoms with Gasteiger partial charge in [-0.1, -0.05) is 65.1 Å². The van der Waals surface area contributed by atoms with Crippen molar-refractivity contribution < 1.29 is 52.9 Å². The minimum atomic E-state index is -0.824. The number of thiazole rings is 1. The van der Waals surface area contributed by atoms with Crippen LogP contribution in [-0.2, 0) is 49.4 Å². The number of ketones is 1. The van der Waals surface area contributed by atoms with Crippen LogP contribution in [-0.4, -0.2) is 127 Å². The van der Waals surface area contributed by atoms with Gasteiger partial charge in [0.1, 0.15) is 16.5 Å². The number of hydrogen-bond donors (Lipinski definition) is 3. The molecule has 0 bridgehead atoms. The molecule has 2 aromatic rings. The van der Waals surface area contributed by atoms with Crippen molar-refractivity contribution in [2.45, 2.75) is 130 Å². The number of aromatic hydroxyl groups is 1. The summed E-state index contributed by atoms with van der Waals surface area (Å²) in [5, 5.41) is 21.8. The summed E-state index contributed by atoms with van der Waals surface area (Å²) in [5.74, 6) is -1.89. The zero-order valence-electron chi connectivity index (χ0n) is 39.8. The summed E-state index contributed by atoms with van der Waals surface area (Å²) in [6, 6.07) is 4.07. The van der Waals surface area contributed by atoms with Gasteiger partial charge < -0.3 is 34.9 Å². The number of rotatable bonds is 28. The van der Waals surface area contributed by atoms with Gasteiger partial charge in [-0.3, -0.25) is 28.9 Å². The van der Waals surface area contributed by atoms with E-state index in [1.54, 1.807) is 29.5 Å². The standard InChI is InChI=1S/C45H70N8O9S.CO2/c1-9-13-33(24-32-15-16-39(55)35(25-32)49-42(57)17-20-60-22-23-61-21-18-47-51-46)48-43(58)36-28-63-44(50-36)41(62-31(6)54)27-38(29(3)4)53(8)45(59)34(30(5)10-2)26-40(56)37-14-11-12-19-52(37)7;2-1-3/h15-16,25,28-30,33-34,37-38,41,55H,9-14,17-24,26-27H2,1-8H3,(H,48,58)(H,49,57);/t30-,33+,34-,37+,38+,41+;/m0./s1. The third-order valence-corrected chi connectivity index (χ3v) is 12.6. The lowest BCUT2D eigenvalue weighted by atomic mass is 9.83. The van der Waals surface area contributed by atoms with E-state index < -0.39 is 23.9 Å². The number of nitrogens with zero attached hydrogens (tertiary/aromatic N) is 6. The number of carbonyl (C=O) groups is 5. The fourth-order valence-electron chi connectivity index (χ4n) is 7.89. The normalized spacial score (nSPS) is 15.9. The van der Waals surface area contributed by atoms with Crippen molar-refractivity contribution >= 4 is 52.6 Å². The van der Waals surface area contributed by atoms with E-state index in [-0.39, 0.29) is 116 Å². The van der Waals surface area contributed by atoms with Crippen molar-refractivity contribution in [1.82, 2.24) is 20.1 Å². The number of anilines is 1. The van der Waals surface area contributed by atoms with Crippen molar-refractivity contribution in [3.63, 3.8) is 0 Å². The smallest absolute Gasteiger partial charge is 0.373 e. The third-order valence-electron chi connectivity index (χ3n) is 11.7. The second kappa shape index (κ2) is 30.9. The monoisotopic (exact) mass is 942 g/mol. The number of azide groups is 1.